The van der Waals surface area contributed by atoms with Crippen molar-refractivity contribution in [1.82, 2.24) is 15.6 Å². The van der Waals surface area contributed by atoms with Crippen LogP contribution in [0.1, 0.15) is 19.4 Å². The molecule has 2 N–H and O–H groups in total. The molecule has 2 aromatic heterocycles. The highest BCUT2D eigenvalue weighted by molar-refractivity contribution is 5.74. The van der Waals surface area contributed by atoms with Gasteiger partial charge in [0.2, 0.25) is 0 Å². The van der Waals surface area contributed by atoms with Gasteiger partial charge in [0.15, 0.2) is 0 Å². The molecular formula is C14H17N3O2. The molecule has 0 aliphatic heterocycles. The fourth-order valence-corrected chi connectivity index (χ4v) is 1.66. The number of hydrogen-bond acceptors (Lipinski definition) is 3. The lowest BCUT2D eigenvalue weighted by molar-refractivity contribution is 0.238. The number of aromatic nitrogens is 1. The maximum absolute atomic E-state index is 11.5. The fraction of sp³-hybridized carbons (Fsp3) is 0.286. The lowest BCUT2D eigenvalue weighted by Gasteiger charge is -2.10. The number of urea groups is 1. The molecule has 5 nitrogen and oxygen atoms in total. The van der Waals surface area contributed by atoms with Gasteiger partial charge in [0.1, 0.15) is 5.76 Å². The molecule has 0 aliphatic rings. The van der Waals surface area contributed by atoms with E-state index in [9.17, 15) is 4.79 Å². The number of nitrogens with zero attached hydrogens (tertiary/aromatic N) is 1. The second-order valence-corrected chi connectivity index (χ2v) is 4.54. The molecule has 0 atom stereocenters. The third kappa shape index (κ3) is 3.84. The van der Waals surface area contributed by atoms with Crippen LogP contribution in [-0.4, -0.2) is 17.1 Å². The maximum Gasteiger partial charge on any atom is 0.315 e. The molecule has 0 bridgehead atoms. The van der Waals surface area contributed by atoms with Gasteiger partial charge in [-0.15, -0.1) is 0 Å². The average Bonchev–Trinajstić information content (AvgIpc) is 2.90. The van der Waals surface area contributed by atoms with Crippen LogP contribution in [0.5, 0.6) is 0 Å². The molecule has 0 saturated carbocycles. The summed E-state index contributed by atoms with van der Waals surface area (Å²) in [5, 5.41) is 5.55. The molecule has 0 unspecified atom stereocenters. The van der Waals surface area contributed by atoms with E-state index in [2.05, 4.69) is 15.6 Å². The van der Waals surface area contributed by atoms with E-state index >= 15 is 0 Å². The van der Waals surface area contributed by atoms with Gasteiger partial charge in [0.25, 0.3) is 0 Å². The summed E-state index contributed by atoms with van der Waals surface area (Å²) in [7, 11) is 0. The van der Waals surface area contributed by atoms with Crippen LogP contribution >= 0.6 is 0 Å². The lowest BCUT2D eigenvalue weighted by atomic mass is 10.1. The minimum atomic E-state index is -0.182. The van der Waals surface area contributed by atoms with Crippen molar-refractivity contribution in [2.75, 3.05) is 0 Å². The molecule has 2 heterocycles. The van der Waals surface area contributed by atoms with Crippen LogP contribution in [-0.2, 0) is 6.54 Å². The number of amides is 2. The van der Waals surface area contributed by atoms with E-state index in [0.29, 0.717) is 6.54 Å². The first kappa shape index (κ1) is 13.1. The molecule has 2 amide bonds. The number of hydrogen-bond donors (Lipinski definition) is 2. The van der Waals surface area contributed by atoms with Crippen molar-refractivity contribution in [3.63, 3.8) is 0 Å². The van der Waals surface area contributed by atoms with Crippen molar-refractivity contribution in [2.45, 2.75) is 26.4 Å². The Morgan fingerprint density at radius 2 is 2.26 bits per heavy atom. The Hall–Kier alpha value is -2.30. The molecule has 5 heteroatoms. The van der Waals surface area contributed by atoms with Crippen LogP contribution in [0.25, 0.3) is 11.3 Å². The first-order valence-corrected chi connectivity index (χ1v) is 6.17. The predicted octanol–water partition coefficient (Wildman–Crippen LogP) is 2.55. The number of pyridine rings is 1. The number of carbonyl (C=O) groups is 1. The van der Waals surface area contributed by atoms with Crippen LogP contribution < -0.4 is 10.6 Å². The normalized spacial score (nSPS) is 10.5. The van der Waals surface area contributed by atoms with Crippen LogP contribution in [0, 0.1) is 0 Å². The molecule has 0 aromatic carbocycles. The second-order valence-electron chi connectivity index (χ2n) is 4.54. The number of nitrogens with one attached hydrogen (secondary N) is 2. The highest BCUT2D eigenvalue weighted by atomic mass is 16.3. The number of carbonyl (C=O) groups excluding carboxylic acids is 1. The molecule has 0 radical (unpaired) electrons. The Bertz CT molecular complexity index is 535. The average molecular weight is 259 g/mol. The maximum atomic E-state index is 11.5. The number of furan rings is 1. The Morgan fingerprint density at radius 1 is 1.42 bits per heavy atom. The van der Waals surface area contributed by atoms with Crippen molar-refractivity contribution >= 4 is 6.03 Å². The Kier molecular flexibility index (Phi) is 4.18. The first-order valence-electron chi connectivity index (χ1n) is 6.17. The van der Waals surface area contributed by atoms with Gasteiger partial charge in [-0.25, -0.2) is 4.79 Å². The van der Waals surface area contributed by atoms with E-state index in [-0.39, 0.29) is 12.1 Å². The van der Waals surface area contributed by atoms with Gasteiger partial charge in [-0.2, -0.15) is 0 Å². The highest BCUT2D eigenvalue weighted by Gasteiger charge is 2.05. The molecule has 0 fully saturated rings. The Balaban J connectivity index is 1.98. The van der Waals surface area contributed by atoms with Gasteiger partial charge >= 0.3 is 6.03 Å². The van der Waals surface area contributed by atoms with E-state index < -0.39 is 0 Å². The summed E-state index contributed by atoms with van der Waals surface area (Å²) in [5.74, 6) is 0.765. The summed E-state index contributed by atoms with van der Waals surface area (Å²) >= 11 is 0. The molecule has 19 heavy (non-hydrogen) atoms. The second kappa shape index (κ2) is 6.04. The van der Waals surface area contributed by atoms with Crippen LogP contribution in [0.4, 0.5) is 4.79 Å². The van der Waals surface area contributed by atoms with Crippen molar-refractivity contribution in [3.05, 3.63) is 42.4 Å². The van der Waals surface area contributed by atoms with Gasteiger partial charge < -0.3 is 15.1 Å². The van der Waals surface area contributed by atoms with Crippen molar-refractivity contribution < 1.29 is 9.21 Å². The Labute approximate surface area is 112 Å². The summed E-state index contributed by atoms with van der Waals surface area (Å²) in [6.45, 7) is 4.26. The summed E-state index contributed by atoms with van der Waals surface area (Å²) in [5.41, 5.74) is 1.82. The topological polar surface area (TPSA) is 67.2 Å². The van der Waals surface area contributed by atoms with Crippen molar-refractivity contribution in [3.8, 4) is 11.3 Å². The Morgan fingerprint density at radius 3 is 2.95 bits per heavy atom. The zero-order chi connectivity index (χ0) is 13.7. The summed E-state index contributed by atoms with van der Waals surface area (Å²) in [4.78, 5) is 15.6. The zero-order valence-corrected chi connectivity index (χ0v) is 11.0. The van der Waals surface area contributed by atoms with Gasteiger partial charge in [-0.3, -0.25) is 4.98 Å². The first-order chi connectivity index (χ1) is 9.15. The molecule has 0 saturated heterocycles. The van der Waals surface area contributed by atoms with Crippen LogP contribution in [0.2, 0.25) is 0 Å². The van der Waals surface area contributed by atoms with E-state index in [0.717, 1.165) is 16.9 Å². The van der Waals surface area contributed by atoms with E-state index in [1.54, 1.807) is 18.7 Å². The summed E-state index contributed by atoms with van der Waals surface area (Å²) in [6, 6.07) is 5.59. The number of rotatable bonds is 4. The van der Waals surface area contributed by atoms with E-state index in [4.69, 9.17) is 4.42 Å². The minimum absolute atomic E-state index is 0.118. The minimum Gasteiger partial charge on any atom is -0.464 e. The molecule has 2 aromatic rings. The summed E-state index contributed by atoms with van der Waals surface area (Å²) in [6.07, 6.45) is 5.08. The quantitative estimate of drug-likeness (QED) is 0.886. The SMILES string of the molecule is CC(C)NC(=O)NCc1cncc(-c2ccco2)c1. The molecule has 0 aliphatic carbocycles. The molecule has 100 valence electrons. The smallest absolute Gasteiger partial charge is 0.315 e. The van der Waals surface area contributed by atoms with Gasteiger partial charge in [-0.1, -0.05) is 0 Å². The highest BCUT2D eigenvalue weighted by Crippen LogP contribution is 2.19. The monoisotopic (exact) mass is 259 g/mol. The van der Waals surface area contributed by atoms with E-state index in [1.807, 2.05) is 32.0 Å². The van der Waals surface area contributed by atoms with E-state index in [1.165, 1.54) is 0 Å². The lowest BCUT2D eigenvalue weighted by Crippen LogP contribution is -2.39. The third-order valence-electron chi connectivity index (χ3n) is 2.47. The largest absolute Gasteiger partial charge is 0.464 e. The van der Waals surface area contributed by atoms with Crippen molar-refractivity contribution in [2.24, 2.45) is 0 Å². The van der Waals surface area contributed by atoms with Gasteiger partial charge in [0, 0.05) is 30.5 Å². The van der Waals surface area contributed by atoms with Gasteiger partial charge in [0.05, 0.1) is 6.26 Å². The van der Waals surface area contributed by atoms with Gasteiger partial charge in [-0.05, 0) is 37.6 Å². The van der Waals surface area contributed by atoms with Crippen LogP contribution in [0.3, 0.4) is 0 Å². The third-order valence-corrected chi connectivity index (χ3v) is 2.47. The standard InChI is InChI=1S/C14H17N3O2/c1-10(2)17-14(18)16-8-11-6-12(9-15-7-11)13-4-3-5-19-13/h3-7,9-10H,8H2,1-2H3,(H2,16,17,18). The molecule has 0 spiro atoms. The zero-order valence-electron chi connectivity index (χ0n) is 11.0. The van der Waals surface area contributed by atoms with Crippen molar-refractivity contribution in [1.29, 1.82) is 0 Å². The van der Waals surface area contributed by atoms with Crippen LogP contribution in [0.15, 0.2) is 41.3 Å². The molecule has 2 rings (SSSR count). The summed E-state index contributed by atoms with van der Waals surface area (Å²) < 4.78 is 5.31. The predicted molar refractivity (Wildman–Crippen MR) is 72.4 cm³/mol. The fourth-order valence-electron chi connectivity index (χ4n) is 1.66. The molecular weight excluding hydrogens is 242 g/mol.